The number of rotatable bonds is 10. The van der Waals surface area contributed by atoms with Crippen molar-refractivity contribution in [1.29, 1.82) is 0 Å². The molecule has 0 bridgehead atoms. The van der Waals surface area contributed by atoms with Crippen molar-refractivity contribution < 1.29 is 14.3 Å². The molecule has 5 heteroatoms. The molecule has 0 aliphatic heterocycles. The van der Waals surface area contributed by atoms with E-state index >= 15 is 0 Å². The van der Waals surface area contributed by atoms with E-state index in [1.165, 1.54) is 11.8 Å². The maximum Gasteiger partial charge on any atom is 0.244 e. The summed E-state index contributed by atoms with van der Waals surface area (Å²) in [6.45, 7) is 4.62. The van der Waals surface area contributed by atoms with E-state index in [2.05, 4.69) is 29.3 Å². The number of benzene rings is 2. The zero-order valence-corrected chi connectivity index (χ0v) is 16.3. The average molecular weight is 368 g/mol. The lowest BCUT2D eigenvalue weighted by molar-refractivity contribution is -0.116. The predicted molar refractivity (Wildman–Crippen MR) is 111 cm³/mol. The largest absolute Gasteiger partial charge is 0.493 e. The molecule has 0 saturated heterocycles. The van der Waals surface area contributed by atoms with Crippen molar-refractivity contribution in [3.05, 3.63) is 60.2 Å². The molecule has 0 heterocycles. The van der Waals surface area contributed by atoms with Gasteiger partial charge < -0.3 is 19.7 Å². The Kier molecular flexibility index (Phi) is 8.23. The van der Waals surface area contributed by atoms with E-state index in [1.807, 2.05) is 36.4 Å². The van der Waals surface area contributed by atoms with Crippen LogP contribution in [0.2, 0.25) is 0 Å². The molecule has 0 spiro atoms. The van der Waals surface area contributed by atoms with E-state index in [4.69, 9.17) is 9.47 Å². The van der Waals surface area contributed by atoms with Gasteiger partial charge in [0.25, 0.3) is 0 Å². The van der Waals surface area contributed by atoms with Crippen molar-refractivity contribution in [3.63, 3.8) is 0 Å². The summed E-state index contributed by atoms with van der Waals surface area (Å²) in [6.07, 6.45) is 4.19. The van der Waals surface area contributed by atoms with Crippen LogP contribution in [0.4, 0.5) is 5.69 Å². The Morgan fingerprint density at radius 2 is 1.81 bits per heavy atom. The van der Waals surface area contributed by atoms with Crippen LogP contribution in [-0.2, 0) is 4.79 Å². The second-order valence-electron chi connectivity index (χ2n) is 6.01. The predicted octanol–water partition coefficient (Wildman–Crippen LogP) is 3.75. The number of nitrogens with one attached hydrogen (secondary N) is 1. The highest BCUT2D eigenvalue weighted by molar-refractivity contribution is 5.91. The van der Waals surface area contributed by atoms with Gasteiger partial charge in [-0.3, -0.25) is 4.79 Å². The summed E-state index contributed by atoms with van der Waals surface area (Å²) in [5.41, 5.74) is 2.09. The van der Waals surface area contributed by atoms with Crippen LogP contribution < -0.4 is 19.7 Å². The number of carbonyl (C=O) groups excluding carboxylic acids is 1. The Morgan fingerprint density at radius 3 is 2.48 bits per heavy atom. The van der Waals surface area contributed by atoms with Crippen LogP contribution in [0.5, 0.6) is 11.5 Å². The van der Waals surface area contributed by atoms with Gasteiger partial charge in [0.1, 0.15) is 0 Å². The third kappa shape index (κ3) is 6.37. The minimum absolute atomic E-state index is 0.104. The van der Waals surface area contributed by atoms with Crippen LogP contribution in [0.3, 0.4) is 0 Å². The van der Waals surface area contributed by atoms with E-state index < -0.39 is 0 Å². The first kappa shape index (κ1) is 20.4. The second kappa shape index (κ2) is 10.9. The molecule has 0 aromatic heterocycles. The van der Waals surface area contributed by atoms with Crippen molar-refractivity contribution in [2.24, 2.45) is 0 Å². The molecule has 27 heavy (non-hydrogen) atoms. The number of hydrogen-bond donors (Lipinski definition) is 1. The van der Waals surface area contributed by atoms with Gasteiger partial charge in [-0.2, -0.15) is 0 Å². The topological polar surface area (TPSA) is 50.8 Å². The average Bonchev–Trinajstić information content (AvgIpc) is 2.72. The highest BCUT2D eigenvalue weighted by Gasteiger charge is 2.04. The van der Waals surface area contributed by atoms with Crippen LogP contribution in [0, 0.1) is 0 Å². The highest BCUT2D eigenvalue weighted by Crippen LogP contribution is 2.27. The summed E-state index contributed by atoms with van der Waals surface area (Å²) in [4.78, 5) is 14.3. The first-order valence-corrected chi connectivity index (χ1v) is 9.15. The molecule has 0 saturated carbocycles. The molecule has 0 radical (unpaired) electrons. The van der Waals surface area contributed by atoms with Gasteiger partial charge in [-0.05, 0) is 49.2 Å². The van der Waals surface area contributed by atoms with Gasteiger partial charge >= 0.3 is 0 Å². The number of carbonyl (C=O) groups is 1. The summed E-state index contributed by atoms with van der Waals surface area (Å²) in [7, 11) is 3.19. The van der Waals surface area contributed by atoms with Crippen LogP contribution in [0.1, 0.15) is 18.9 Å². The van der Waals surface area contributed by atoms with Gasteiger partial charge in [0.05, 0.1) is 14.2 Å². The molecule has 0 aliphatic rings. The Balaban J connectivity index is 1.78. The molecular formula is C22H28N2O3. The summed E-state index contributed by atoms with van der Waals surface area (Å²) >= 11 is 0. The second-order valence-corrected chi connectivity index (χ2v) is 6.01. The molecule has 0 atom stereocenters. The van der Waals surface area contributed by atoms with Gasteiger partial charge in [-0.1, -0.05) is 24.3 Å². The normalized spacial score (nSPS) is 10.6. The number of anilines is 1. The number of hydrogen-bond acceptors (Lipinski definition) is 4. The van der Waals surface area contributed by atoms with Gasteiger partial charge in [0, 0.05) is 31.4 Å². The van der Waals surface area contributed by atoms with Crippen LogP contribution in [0.25, 0.3) is 6.08 Å². The summed E-state index contributed by atoms with van der Waals surface area (Å²) in [5, 5.41) is 2.93. The summed E-state index contributed by atoms with van der Waals surface area (Å²) < 4.78 is 10.5. The number of amides is 1. The minimum Gasteiger partial charge on any atom is -0.493 e. The molecule has 0 unspecified atom stereocenters. The Morgan fingerprint density at radius 1 is 1.07 bits per heavy atom. The Hall–Kier alpha value is -2.95. The third-order valence-corrected chi connectivity index (χ3v) is 4.24. The smallest absolute Gasteiger partial charge is 0.244 e. The molecule has 1 N–H and O–H groups in total. The molecule has 2 aromatic carbocycles. The van der Waals surface area contributed by atoms with Gasteiger partial charge in [-0.15, -0.1) is 0 Å². The van der Waals surface area contributed by atoms with Crippen molar-refractivity contribution in [1.82, 2.24) is 5.32 Å². The number of para-hydroxylation sites is 1. The summed E-state index contributed by atoms with van der Waals surface area (Å²) in [6, 6.07) is 15.8. The van der Waals surface area contributed by atoms with E-state index in [1.54, 1.807) is 20.3 Å². The molecule has 2 rings (SSSR count). The number of nitrogens with zero attached hydrogens (tertiary/aromatic N) is 1. The van der Waals surface area contributed by atoms with Crippen molar-refractivity contribution >= 4 is 17.7 Å². The standard InChI is InChI=1S/C22H28N2O3/c1-4-24(19-9-6-5-7-10-19)16-8-15-23-22(25)14-12-18-11-13-20(26-2)21(17-18)27-3/h5-7,9-14,17H,4,8,15-16H2,1-3H3,(H,23,25)/b14-12+. The number of methoxy groups -OCH3 is 2. The number of ether oxygens (including phenoxy) is 2. The van der Waals surface area contributed by atoms with Crippen LogP contribution in [0.15, 0.2) is 54.6 Å². The van der Waals surface area contributed by atoms with E-state index in [0.717, 1.165) is 25.1 Å². The Labute approximate surface area is 161 Å². The maximum atomic E-state index is 12.0. The van der Waals surface area contributed by atoms with Crippen LogP contribution in [-0.4, -0.2) is 39.8 Å². The fourth-order valence-corrected chi connectivity index (χ4v) is 2.78. The van der Waals surface area contributed by atoms with Crippen LogP contribution >= 0.6 is 0 Å². The molecule has 0 fully saturated rings. The van der Waals surface area contributed by atoms with E-state index in [0.29, 0.717) is 18.0 Å². The van der Waals surface area contributed by atoms with E-state index in [9.17, 15) is 4.79 Å². The molecule has 2 aromatic rings. The molecular weight excluding hydrogens is 340 g/mol. The molecule has 5 nitrogen and oxygen atoms in total. The van der Waals surface area contributed by atoms with Crippen molar-refractivity contribution in [3.8, 4) is 11.5 Å². The van der Waals surface area contributed by atoms with Crippen molar-refractivity contribution in [2.75, 3.05) is 38.8 Å². The zero-order chi connectivity index (χ0) is 19.5. The van der Waals surface area contributed by atoms with Crippen molar-refractivity contribution in [2.45, 2.75) is 13.3 Å². The van der Waals surface area contributed by atoms with E-state index in [-0.39, 0.29) is 5.91 Å². The fraction of sp³-hybridized carbons (Fsp3) is 0.318. The van der Waals surface area contributed by atoms with Gasteiger partial charge in [-0.25, -0.2) is 0 Å². The molecule has 144 valence electrons. The zero-order valence-electron chi connectivity index (χ0n) is 16.3. The minimum atomic E-state index is -0.104. The van der Waals surface area contributed by atoms with Gasteiger partial charge in [0.2, 0.25) is 5.91 Å². The Bertz CT molecular complexity index is 744. The SMILES string of the molecule is CCN(CCCNC(=O)/C=C/c1ccc(OC)c(OC)c1)c1ccccc1. The maximum absolute atomic E-state index is 12.0. The lowest BCUT2D eigenvalue weighted by atomic mass is 10.2. The first-order valence-electron chi connectivity index (χ1n) is 9.15. The fourth-order valence-electron chi connectivity index (χ4n) is 2.78. The quantitative estimate of drug-likeness (QED) is 0.513. The first-order chi connectivity index (χ1) is 13.2. The van der Waals surface area contributed by atoms with Gasteiger partial charge in [0.15, 0.2) is 11.5 Å². The third-order valence-electron chi connectivity index (χ3n) is 4.24. The lowest BCUT2D eigenvalue weighted by Gasteiger charge is -2.23. The molecule has 0 aliphatic carbocycles. The molecule has 1 amide bonds. The lowest BCUT2D eigenvalue weighted by Crippen LogP contribution is -2.29. The summed E-state index contributed by atoms with van der Waals surface area (Å²) in [5.74, 6) is 1.20. The monoisotopic (exact) mass is 368 g/mol. The highest BCUT2D eigenvalue weighted by atomic mass is 16.5.